The molecule has 2 fully saturated rings. The second kappa shape index (κ2) is 6.69. The number of para-hydroxylation sites is 1. The summed E-state index contributed by atoms with van der Waals surface area (Å²) in [5.41, 5.74) is 2.47. The van der Waals surface area contributed by atoms with Crippen LogP contribution >= 0.6 is 11.6 Å². The van der Waals surface area contributed by atoms with Gasteiger partial charge in [0.1, 0.15) is 5.69 Å². The van der Waals surface area contributed by atoms with Crippen LogP contribution in [0, 0.1) is 5.41 Å². The standard InChI is InChI=1S/C24H21ClN4O2/c25-18-7-3-4-13-8-19(27-21(13)18)23(31)26-15-11-24(12-15)9-14(10-24)20-16-5-1-2-6-17(16)22(30)29-28-20/h1-8,14-15,27H,9-12H2,(H,26,31)(H,29,30)/t14-,15-,24?. The summed E-state index contributed by atoms with van der Waals surface area (Å²) in [6, 6.07) is 15.3. The van der Waals surface area contributed by atoms with Gasteiger partial charge in [0.05, 0.1) is 21.6 Å². The van der Waals surface area contributed by atoms with E-state index in [-0.39, 0.29) is 22.9 Å². The lowest BCUT2D eigenvalue weighted by molar-refractivity contribution is -0.0197. The number of aromatic nitrogens is 3. The predicted molar refractivity (Wildman–Crippen MR) is 121 cm³/mol. The fraction of sp³-hybridized carbons (Fsp3) is 0.292. The van der Waals surface area contributed by atoms with Crippen molar-refractivity contribution in [1.29, 1.82) is 0 Å². The molecule has 2 saturated carbocycles. The summed E-state index contributed by atoms with van der Waals surface area (Å²) in [6.45, 7) is 0. The summed E-state index contributed by atoms with van der Waals surface area (Å²) in [5, 5.41) is 13.4. The lowest BCUT2D eigenvalue weighted by Gasteiger charge is -2.57. The summed E-state index contributed by atoms with van der Waals surface area (Å²) in [6.07, 6.45) is 4.06. The van der Waals surface area contributed by atoms with Crippen molar-refractivity contribution in [2.75, 3.05) is 0 Å². The normalized spacial score (nSPS) is 24.8. The Hall–Kier alpha value is -3.12. The molecular weight excluding hydrogens is 412 g/mol. The first-order valence-electron chi connectivity index (χ1n) is 10.6. The van der Waals surface area contributed by atoms with Crippen LogP contribution in [0.5, 0.6) is 0 Å². The Morgan fingerprint density at radius 3 is 2.61 bits per heavy atom. The van der Waals surface area contributed by atoms with Crippen molar-refractivity contribution in [1.82, 2.24) is 20.5 Å². The Kier molecular flexibility index (Phi) is 4.02. The SMILES string of the molecule is O=C(N[C@H]1CC2(C1)C[C@H](c1n[nH]c(=O)c3ccccc31)C2)c1cc2cccc(Cl)c2[nH]1. The summed E-state index contributed by atoms with van der Waals surface area (Å²) in [5.74, 6) is 0.269. The summed E-state index contributed by atoms with van der Waals surface area (Å²) in [4.78, 5) is 27.8. The van der Waals surface area contributed by atoms with E-state index in [1.165, 1.54) is 0 Å². The molecule has 2 aromatic heterocycles. The molecule has 2 aromatic carbocycles. The number of carbonyl (C=O) groups is 1. The molecule has 6 nitrogen and oxygen atoms in total. The van der Waals surface area contributed by atoms with Gasteiger partial charge in [0.15, 0.2) is 0 Å². The van der Waals surface area contributed by atoms with Crippen LogP contribution in [0.4, 0.5) is 0 Å². The van der Waals surface area contributed by atoms with E-state index in [4.69, 9.17) is 11.6 Å². The number of benzene rings is 2. The van der Waals surface area contributed by atoms with Crippen LogP contribution < -0.4 is 10.9 Å². The molecule has 1 amide bonds. The Bertz CT molecular complexity index is 1390. The third-order valence-corrected chi connectivity index (χ3v) is 7.33. The molecule has 156 valence electrons. The maximum absolute atomic E-state index is 12.7. The van der Waals surface area contributed by atoms with E-state index >= 15 is 0 Å². The highest BCUT2D eigenvalue weighted by molar-refractivity contribution is 6.35. The average molecular weight is 433 g/mol. The van der Waals surface area contributed by atoms with Gasteiger partial charge in [-0.25, -0.2) is 5.10 Å². The molecule has 0 saturated heterocycles. The Morgan fingerprint density at radius 1 is 1.06 bits per heavy atom. The fourth-order valence-electron chi connectivity index (χ4n) is 5.55. The second-order valence-electron chi connectivity index (χ2n) is 9.05. The molecule has 2 aliphatic rings. The van der Waals surface area contributed by atoms with Gasteiger partial charge in [0.25, 0.3) is 11.5 Å². The van der Waals surface area contributed by atoms with E-state index in [2.05, 4.69) is 20.5 Å². The molecule has 31 heavy (non-hydrogen) atoms. The zero-order valence-corrected chi connectivity index (χ0v) is 17.5. The van der Waals surface area contributed by atoms with Crippen molar-refractivity contribution in [3.8, 4) is 0 Å². The number of fused-ring (bicyclic) bond motifs is 2. The number of rotatable bonds is 3. The fourth-order valence-corrected chi connectivity index (χ4v) is 5.78. The van der Waals surface area contributed by atoms with Crippen molar-refractivity contribution >= 4 is 39.2 Å². The molecule has 2 aliphatic carbocycles. The molecule has 4 aromatic rings. The van der Waals surface area contributed by atoms with Crippen LogP contribution in [0.1, 0.15) is 47.8 Å². The number of carbonyl (C=O) groups excluding carboxylic acids is 1. The first-order valence-corrected chi connectivity index (χ1v) is 10.9. The van der Waals surface area contributed by atoms with Gasteiger partial charge >= 0.3 is 0 Å². The summed E-state index contributed by atoms with van der Waals surface area (Å²) in [7, 11) is 0. The van der Waals surface area contributed by atoms with Crippen LogP contribution in [0.2, 0.25) is 5.02 Å². The second-order valence-corrected chi connectivity index (χ2v) is 9.46. The Morgan fingerprint density at radius 2 is 1.84 bits per heavy atom. The number of amides is 1. The number of aromatic amines is 2. The zero-order chi connectivity index (χ0) is 21.2. The quantitative estimate of drug-likeness (QED) is 0.444. The number of halogens is 1. The number of nitrogens with one attached hydrogen (secondary N) is 3. The topological polar surface area (TPSA) is 90.6 Å². The van der Waals surface area contributed by atoms with Crippen LogP contribution in [0.25, 0.3) is 21.7 Å². The largest absolute Gasteiger partial charge is 0.349 e. The molecule has 2 heterocycles. The Labute approximate surface area is 183 Å². The maximum atomic E-state index is 12.7. The minimum atomic E-state index is -0.141. The third kappa shape index (κ3) is 2.97. The molecule has 0 radical (unpaired) electrons. The van der Waals surface area contributed by atoms with Gasteiger partial charge in [-0.1, -0.05) is 41.9 Å². The minimum Gasteiger partial charge on any atom is -0.349 e. The maximum Gasteiger partial charge on any atom is 0.272 e. The van der Waals surface area contributed by atoms with E-state index in [0.29, 0.717) is 22.0 Å². The summed E-state index contributed by atoms with van der Waals surface area (Å²) < 4.78 is 0. The van der Waals surface area contributed by atoms with Gasteiger partial charge < -0.3 is 10.3 Å². The van der Waals surface area contributed by atoms with Crippen LogP contribution in [0.15, 0.2) is 53.3 Å². The number of hydrogen-bond acceptors (Lipinski definition) is 3. The zero-order valence-electron chi connectivity index (χ0n) is 16.7. The van der Waals surface area contributed by atoms with Gasteiger partial charge in [-0.2, -0.15) is 5.10 Å². The van der Waals surface area contributed by atoms with Crippen molar-refractivity contribution in [3.05, 3.63) is 75.3 Å². The van der Waals surface area contributed by atoms with E-state index in [9.17, 15) is 9.59 Å². The van der Waals surface area contributed by atoms with E-state index in [1.54, 1.807) is 0 Å². The van der Waals surface area contributed by atoms with Crippen LogP contribution in [-0.2, 0) is 0 Å². The van der Waals surface area contributed by atoms with Crippen molar-refractivity contribution in [2.24, 2.45) is 5.41 Å². The van der Waals surface area contributed by atoms with Crippen molar-refractivity contribution in [2.45, 2.75) is 37.6 Å². The van der Waals surface area contributed by atoms with Gasteiger partial charge in [0.2, 0.25) is 0 Å². The molecule has 1 spiro atoms. The van der Waals surface area contributed by atoms with Gasteiger partial charge in [0, 0.05) is 22.7 Å². The highest BCUT2D eigenvalue weighted by Gasteiger charge is 2.54. The van der Waals surface area contributed by atoms with Crippen LogP contribution in [-0.4, -0.2) is 27.1 Å². The first-order chi connectivity index (χ1) is 15.0. The number of nitrogens with zero attached hydrogens (tertiary/aromatic N) is 1. The van der Waals surface area contributed by atoms with E-state index in [0.717, 1.165) is 47.7 Å². The van der Waals surface area contributed by atoms with Crippen molar-refractivity contribution in [3.63, 3.8) is 0 Å². The first kappa shape index (κ1) is 18.6. The molecular formula is C24H21ClN4O2. The highest BCUT2D eigenvalue weighted by atomic mass is 35.5. The highest BCUT2D eigenvalue weighted by Crippen LogP contribution is 2.62. The van der Waals surface area contributed by atoms with Crippen molar-refractivity contribution < 1.29 is 4.79 Å². The van der Waals surface area contributed by atoms with E-state index in [1.807, 2.05) is 48.5 Å². The molecule has 6 rings (SSSR count). The third-order valence-electron chi connectivity index (χ3n) is 7.02. The monoisotopic (exact) mass is 432 g/mol. The number of H-pyrrole nitrogens is 2. The number of hydrogen-bond donors (Lipinski definition) is 3. The minimum absolute atomic E-state index is 0.0868. The molecule has 3 N–H and O–H groups in total. The Balaban J connectivity index is 1.11. The van der Waals surface area contributed by atoms with Gasteiger partial charge in [-0.15, -0.1) is 0 Å². The lowest BCUT2D eigenvalue weighted by atomic mass is 9.49. The molecule has 0 unspecified atom stereocenters. The van der Waals surface area contributed by atoms with Gasteiger partial charge in [-0.05, 0) is 49.3 Å². The molecule has 0 atom stereocenters. The lowest BCUT2D eigenvalue weighted by Crippen LogP contribution is -2.55. The van der Waals surface area contributed by atoms with E-state index < -0.39 is 0 Å². The van der Waals surface area contributed by atoms with Gasteiger partial charge in [-0.3, -0.25) is 9.59 Å². The molecule has 0 aliphatic heterocycles. The molecule has 7 heteroatoms. The predicted octanol–water partition coefficient (Wildman–Crippen LogP) is 4.51. The smallest absolute Gasteiger partial charge is 0.272 e. The average Bonchev–Trinajstić information content (AvgIpc) is 3.16. The molecule has 0 bridgehead atoms. The summed E-state index contributed by atoms with van der Waals surface area (Å²) >= 11 is 6.20. The van der Waals surface area contributed by atoms with Crippen LogP contribution in [0.3, 0.4) is 0 Å².